The van der Waals surface area contributed by atoms with Crippen LogP contribution in [0.1, 0.15) is 74.6 Å². The van der Waals surface area contributed by atoms with Gasteiger partial charge in [0, 0.05) is 13.1 Å². The quantitative estimate of drug-likeness (QED) is 0.847. The second-order valence-electron chi connectivity index (χ2n) is 7.25. The summed E-state index contributed by atoms with van der Waals surface area (Å²) in [7, 11) is 0. The third kappa shape index (κ3) is 3.48. The van der Waals surface area contributed by atoms with Gasteiger partial charge in [-0.15, -0.1) is 5.10 Å². The predicted molar refractivity (Wildman–Crippen MR) is 92.1 cm³/mol. The Hall–Kier alpha value is -1.73. The molecule has 2 aliphatic rings. The Bertz CT molecular complexity index is 691. The number of morpholine rings is 1. The first-order valence-electron chi connectivity index (χ1n) is 9.42. The van der Waals surface area contributed by atoms with Crippen LogP contribution in [0.2, 0.25) is 0 Å². The number of hydrogen-bond donors (Lipinski definition) is 0. The van der Waals surface area contributed by atoms with Crippen LogP contribution in [0.3, 0.4) is 0 Å². The topological polar surface area (TPSA) is 69.2 Å². The summed E-state index contributed by atoms with van der Waals surface area (Å²) in [5.74, 6) is 2.80. The molecule has 0 amide bonds. The maximum Gasteiger partial charge on any atom is 0.168 e. The summed E-state index contributed by atoms with van der Waals surface area (Å²) in [6.45, 7) is 6.53. The molecule has 2 aromatic rings. The fourth-order valence-corrected chi connectivity index (χ4v) is 4.04. The van der Waals surface area contributed by atoms with E-state index in [1.807, 2.05) is 19.1 Å². The molecule has 25 heavy (non-hydrogen) atoms. The van der Waals surface area contributed by atoms with Crippen LogP contribution in [-0.2, 0) is 4.74 Å². The molecule has 2 atom stereocenters. The minimum absolute atomic E-state index is 0.0242. The van der Waals surface area contributed by atoms with E-state index >= 15 is 0 Å². The molecule has 0 unspecified atom stereocenters. The zero-order chi connectivity index (χ0) is 17.2. The SMILES string of the molecule is Cc1ccc([C@H]2CN([C@@H](C)c3nnnn3C3CCCCC3)CCO2)o1. The summed E-state index contributed by atoms with van der Waals surface area (Å²) in [6.07, 6.45) is 6.22. The number of furan rings is 1. The monoisotopic (exact) mass is 345 g/mol. The van der Waals surface area contributed by atoms with Gasteiger partial charge in [0.05, 0.1) is 18.7 Å². The molecule has 3 heterocycles. The van der Waals surface area contributed by atoms with E-state index < -0.39 is 0 Å². The molecule has 7 nitrogen and oxygen atoms in total. The van der Waals surface area contributed by atoms with Gasteiger partial charge in [-0.3, -0.25) is 4.90 Å². The van der Waals surface area contributed by atoms with Gasteiger partial charge in [-0.05, 0) is 49.2 Å². The number of aryl methyl sites for hydroxylation is 1. The van der Waals surface area contributed by atoms with Gasteiger partial charge in [0.25, 0.3) is 0 Å². The van der Waals surface area contributed by atoms with Crippen molar-refractivity contribution in [3.05, 3.63) is 29.5 Å². The Labute approximate surface area is 148 Å². The number of tetrazole rings is 1. The summed E-state index contributed by atoms with van der Waals surface area (Å²) in [6, 6.07) is 4.62. The van der Waals surface area contributed by atoms with Gasteiger partial charge in [-0.1, -0.05) is 19.3 Å². The Kier molecular flexibility index (Phi) is 4.85. The van der Waals surface area contributed by atoms with Gasteiger partial charge in [0.1, 0.15) is 17.6 Å². The lowest BCUT2D eigenvalue weighted by Gasteiger charge is -2.36. The number of ether oxygens (including phenoxy) is 1. The molecule has 4 rings (SSSR count). The Morgan fingerprint density at radius 2 is 2.04 bits per heavy atom. The molecule has 0 radical (unpaired) electrons. The predicted octanol–water partition coefficient (Wildman–Crippen LogP) is 3.21. The highest BCUT2D eigenvalue weighted by molar-refractivity contribution is 5.09. The fraction of sp³-hybridized carbons (Fsp3) is 0.722. The first-order chi connectivity index (χ1) is 12.2. The molecule has 2 aromatic heterocycles. The molecular formula is C18H27N5O2. The normalized spacial score (nSPS) is 24.5. The molecule has 2 fully saturated rings. The lowest BCUT2D eigenvalue weighted by atomic mass is 9.95. The van der Waals surface area contributed by atoms with E-state index in [0.717, 1.165) is 30.4 Å². The molecule has 7 heteroatoms. The Morgan fingerprint density at radius 3 is 2.80 bits per heavy atom. The van der Waals surface area contributed by atoms with Crippen LogP contribution < -0.4 is 0 Å². The van der Waals surface area contributed by atoms with Crippen molar-refractivity contribution in [3.8, 4) is 0 Å². The van der Waals surface area contributed by atoms with Crippen LogP contribution in [0.15, 0.2) is 16.5 Å². The van der Waals surface area contributed by atoms with E-state index in [1.54, 1.807) is 0 Å². The highest BCUT2D eigenvalue weighted by atomic mass is 16.5. The average Bonchev–Trinajstić information content (AvgIpc) is 3.31. The van der Waals surface area contributed by atoms with Crippen LogP contribution >= 0.6 is 0 Å². The van der Waals surface area contributed by atoms with Crippen molar-refractivity contribution in [2.24, 2.45) is 0 Å². The average molecular weight is 345 g/mol. The lowest BCUT2D eigenvalue weighted by molar-refractivity contribution is -0.0542. The molecule has 0 N–H and O–H groups in total. The highest BCUT2D eigenvalue weighted by Gasteiger charge is 2.31. The van der Waals surface area contributed by atoms with E-state index in [9.17, 15) is 0 Å². The van der Waals surface area contributed by atoms with Gasteiger partial charge < -0.3 is 9.15 Å². The Balaban J connectivity index is 1.49. The second-order valence-corrected chi connectivity index (χ2v) is 7.25. The van der Waals surface area contributed by atoms with Crippen LogP contribution in [0.4, 0.5) is 0 Å². The number of rotatable bonds is 4. The molecular weight excluding hydrogens is 318 g/mol. The van der Waals surface area contributed by atoms with Gasteiger partial charge in [0.2, 0.25) is 0 Å². The van der Waals surface area contributed by atoms with Crippen molar-refractivity contribution in [1.82, 2.24) is 25.1 Å². The molecule has 1 aliphatic heterocycles. The van der Waals surface area contributed by atoms with Crippen LogP contribution in [0, 0.1) is 6.92 Å². The van der Waals surface area contributed by atoms with Crippen molar-refractivity contribution >= 4 is 0 Å². The van der Waals surface area contributed by atoms with Crippen LogP contribution in [0.25, 0.3) is 0 Å². The van der Waals surface area contributed by atoms with Gasteiger partial charge in [0.15, 0.2) is 5.82 Å². The first-order valence-corrected chi connectivity index (χ1v) is 9.42. The maximum atomic E-state index is 5.93. The van der Waals surface area contributed by atoms with Crippen molar-refractivity contribution in [3.63, 3.8) is 0 Å². The van der Waals surface area contributed by atoms with E-state index in [4.69, 9.17) is 9.15 Å². The molecule has 1 aliphatic carbocycles. The summed E-state index contributed by atoms with van der Waals surface area (Å²) >= 11 is 0. The minimum atomic E-state index is -0.0242. The minimum Gasteiger partial charge on any atom is -0.464 e. The molecule has 0 aromatic carbocycles. The third-order valence-corrected chi connectivity index (χ3v) is 5.54. The summed E-state index contributed by atoms with van der Waals surface area (Å²) < 4.78 is 13.8. The van der Waals surface area contributed by atoms with E-state index in [0.29, 0.717) is 12.6 Å². The summed E-state index contributed by atoms with van der Waals surface area (Å²) in [4.78, 5) is 2.40. The van der Waals surface area contributed by atoms with Gasteiger partial charge >= 0.3 is 0 Å². The second kappa shape index (κ2) is 7.25. The molecule has 1 saturated carbocycles. The lowest BCUT2D eigenvalue weighted by Crippen LogP contribution is -2.40. The Morgan fingerprint density at radius 1 is 1.20 bits per heavy atom. The fourth-order valence-electron chi connectivity index (χ4n) is 4.04. The van der Waals surface area contributed by atoms with E-state index in [-0.39, 0.29) is 12.1 Å². The van der Waals surface area contributed by atoms with Crippen molar-refractivity contribution < 1.29 is 9.15 Å². The van der Waals surface area contributed by atoms with Crippen molar-refractivity contribution in [2.45, 2.75) is 64.1 Å². The summed E-state index contributed by atoms with van der Waals surface area (Å²) in [5.41, 5.74) is 0. The molecule has 1 saturated heterocycles. The van der Waals surface area contributed by atoms with Crippen LogP contribution in [0.5, 0.6) is 0 Å². The third-order valence-electron chi connectivity index (χ3n) is 5.54. The van der Waals surface area contributed by atoms with Gasteiger partial charge in [-0.25, -0.2) is 4.68 Å². The van der Waals surface area contributed by atoms with Crippen molar-refractivity contribution in [2.75, 3.05) is 19.7 Å². The van der Waals surface area contributed by atoms with Gasteiger partial charge in [-0.2, -0.15) is 0 Å². The summed E-state index contributed by atoms with van der Waals surface area (Å²) in [5, 5.41) is 12.7. The highest BCUT2D eigenvalue weighted by Crippen LogP contribution is 2.32. The van der Waals surface area contributed by atoms with E-state index in [1.165, 1.54) is 32.1 Å². The zero-order valence-electron chi connectivity index (χ0n) is 15.1. The maximum absolute atomic E-state index is 5.93. The van der Waals surface area contributed by atoms with Crippen LogP contribution in [-0.4, -0.2) is 44.8 Å². The molecule has 136 valence electrons. The molecule has 0 bridgehead atoms. The first kappa shape index (κ1) is 16.7. The number of hydrogen-bond acceptors (Lipinski definition) is 6. The zero-order valence-corrected chi connectivity index (χ0v) is 15.1. The van der Waals surface area contributed by atoms with Crippen molar-refractivity contribution in [1.29, 1.82) is 0 Å². The number of nitrogens with zero attached hydrogens (tertiary/aromatic N) is 5. The molecule has 0 spiro atoms. The largest absolute Gasteiger partial charge is 0.464 e. The van der Waals surface area contributed by atoms with E-state index in [2.05, 4.69) is 32.0 Å². The smallest absolute Gasteiger partial charge is 0.168 e. The number of aromatic nitrogens is 4. The standard InChI is InChI=1S/C18H27N5O2/c1-13-8-9-16(25-13)17-12-22(10-11-24-17)14(2)18-19-20-21-23(18)15-6-4-3-5-7-15/h8-9,14-15,17H,3-7,10-12H2,1-2H3/t14-,17+/m0/s1.